The van der Waals surface area contributed by atoms with Crippen molar-refractivity contribution in [3.05, 3.63) is 70.1 Å². The molecule has 0 unspecified atom stereocenters. The van der Waals surface area contributed by atoms with E-state index in [0.717, 1.165) is 30.6 Å². The minimum atomic E-state index is -0.130. The van der Waals surface area contributed by atoms with E-state index in [2.05, 4.69) is 39.4 Å². The van der Waals surface area contributed by atoms with E-state index >= 15 is 0 Å². The third-order valence-electron chi connectivity index (χ3n) is 4.80. The van der Waals surface area contributed by atoms with Crippen LogP contribution in [0, 0.1) is 0 Å². The van der Waals surface area contributed by atoms with Gasteiger partial charge in [0.2, 0.25) is 0 Å². The second kappa shape index (κ2) is 6.48. The molecule has 4 nitrogen and oxygen atoms in total. The summed E-state index contributed by atoms with van der Waals surface area (Å²) in [6.45, 7) is 2.32. The number of aromatic nitrogens is 2. The molecule has 0 bridgehead atoms. The van der Waals surface area contributed by atoms with Gasteiger partial charge in [0, 0.05) is 30.6 Å². The fourth-order valence-electron chi connectivity index (χ4n) is 3.48. The number of hydrogen-bond donors (Lipinski definition) is 1. The van der Waals surface area contributed by atoms with E-state index in [1.165, 1.54) is 30.5 Å². The number of fused-ring (bicyclic) bond motifs is 1. The van der Waals surface area contributed by atoms with E-state index in [-0.39, 0.29) is 5.56 Å². The SMILES string of the molecule is O=c1[nH]nc(Cc2ccc(N3CCCCC3)cc2)c2ccccc12. The second-order valence-electron chi connectivity index (χ2n) is 6.44. The molecule has 3 aromatic rings. The van der Waals surface area contributed by atoms with Gasteiger partial charge in [-0.2, -0.15) is 5.10 Å². The molecule has 0 atom stereocenters. The lowest BCUT2D eigenvalue weighted by molar-refractivity contribution is 0.578. The van der Waals surface area contributed by atoms with Crippen molar-refractivity contribution in [3.8, 4) is 0 Å². The van der Waals surface area contributed by atoms with Gasteiger partial charge in [-0.3, -0.25) is 4.79 Å². The first-order valence-corrected chi connectivity index (χ1v) is 8.61. The summed E-state index contributed by atoms with van der Waals surface area (Å²) in [6.07, 6.45) is 4.64. The number of anilines is 1. The van der Waals surface area contributed by atoms with Gasteiger partial charge < -0.3 is 4.90 Å². The predicted octanol–water partition coefficient (Wildman–Crippen LogP) is 3.50. The Morgan fingerprint density at radius 1 is 0.917 bits per heavy atom. The smallest absolute Gasteiger partial charge is 0.272 e. The van der Waals surface area contributed by atoms with Crippen molar-refractivity contribution in [2.24, 2.45) is 0 Å². The Labute approximate surface area is 141 Å². The lowest BCUT2D eigenvalue weighted by atomic mass is 10.0. The molecule has 1 saturated heterocycles. The summed E-state index contributed by atoms with van der Waals surface area (Å²) in [5.41, 5.74) is 3.30. The Hall–Kier alpha value is -2.62. The highest BCUT2D eigenvalue weighted by Gasteiger charge is 2.11. The summed E-state index contributed by atoms with van der Waals surface area (Å²) in [7, 11) is 0. The summed E-state index contributed by atoms with van der Waals surface area (Å²) in [4.78, 5) is 14.3. The van der Waals surface area contributed by atoms with Crippen LogP contribution < -0.4 is 10.5 Å². The van der Waals surface area contributed by atoms with E-state index in [1.54, 1.807) is 0 Å². The van der Waals surface area contributed by atoms with Crippen molar-refractivity contribution in [1.82, 2.24) is 10.2 Å². The summed E-state index contributed by atoms with van der Waals surface area (Å²) in [5, 5.41) is 8.51. The van der Waals surface area contributed by atoms with Gasteiger partial charge in [0.25, 0.3) is 5.56 Å². The molecule has 2 heterocycles. The topological polar surface area (TPSA) is 49.0 Å². The van der Waals surface area contributed by atoms with Crippen molar-refractivity contribution < 1.29 is 0 Å². The molecule has 1 fully saturated rings. The van der Waals surface area contributed by atoms with Crippen LogP contribution in [0.15, 0.2) is 53.3 Å². The Balaban J connectivity index is 1.59. The Kier molecular flexibility index (Phi) is 4.03. The van der Waals surface area contributed by atoms with Crippen LogP contribution in [0.25, 0.3) is 10.8 Å². The van der Waals surface area contributed by atoms with Gasteiger partial charge in [0.15, 0.2) is 0 Å². The molecular weight excluding hydrogens is 298 g/mol. The molecule has 1 aliphatic heterocycles. The Morgan fingerprint density at radius 3 is 2.38 bits per heavy atom. The Morgan fingerprint density at radius 2 is 1.62 bits per heavy atom. The van der Waals surface area contributed by atoms with Gasteiger partial charge in [0.1, 0.15) is 0 Å². The summed E-state index contributed by atoms with van der Waals surface area (Å²) < 4.78 is 0. The number of H-pyrrole nitrogens is 1. The minimum absolute atomic E-state index is 0.130. The maximum atomic E-state index is 11.9. The van der Waals surface area contributed by atoms with Crippen molar-refractivity contribution in [2.45, 2.75) is 25.7 Å². The van der Waals surface area contributed by atoms with Crippen LogP contribution in [-0.2, 0) is 6.42 Å². The van der Waals surface area contributed by atoms with Crippen molar-refractivity contribution in [2.75, 3.05) is 18.0 Å². The van der Waals surface area contributed by atoms with Gasteiger partial charge in [-0.05, 0) is 43.0 Å². The molecule has 1 aromatic heterocycles. The van der Waals surface area contributed by atoms with Crippen molar-refractivity contribution in [3.63, 3.8) is 0 Å². The first-order valence-electron chi connectivity index (χ1n) is 8.61. The van der Waals surface area contributed by atoms with Gasteiger partial charge in [-0.1, -0.05) is 30.3 Å². The van der Waals surface area contributed by atoms with Gasteiger partial charge >= 0.3 is 0 Å². The molecule has 24 heavy (non-hydrogen) atoms. The molecule has 0 radical (unpaired) electrons. The van der Waals surface area contributed by atoms with Crippen LogP contribution in [0.3, 0.4) is 0 Å². The number of nitrogens with one attached hydrogen (secondary N) is 1. The van der Waals surface area contributed by atoms with E-state index < -0.39 is 0 Å². The molecule has 4 heteroatoms. The standard InChI is InChI=1S/C20H21N3O/c24-20-18-7-3-2-6-17(18)19(21-22-20)14-15-8-10-16(11-9-15)23-12-4-1-5-13-23/h2-3,6-11H,1,4-5,12-14H2,(H,22,24). The second-order valence-corrected chi connectivity index (χ2v) is 6.44. The van der Waals surface area contributed by atoms with Crippen LogP contribution in [0.4, 0.5) is 5.69 Å². The van der Waals surface area contributed by atoms with Crippen LogP contribution in [0.5, 0.6) is 0 Å². The summed E-state index contributed by atoms with van der Waals surface area (Å²) >= 11 is 0. The Bertz CT molecular complexity index is 893. The lowest BCUT2D eigenvalue weighted by Crippen LogP contribution is -2.29. The van der Waals surface area contributed by atoms with E-state index in [1.807, 2.05) is 24.3 Å². The minimum Gasteiger partial charge on any atom is -0.372 e. The molecule has 0 aliphatic carbocycles. The first kappa shape index (κ1) is 14.9. The van der Waals surface area contributed by atoms with Crippen LogP contribution in [0.2, 0.25) is 0 Å². The van der Waals surface area contributed by atoms with Gasteiger partial charge in [0.05, 0.1) is 11.1 Å². The van der Waals surface area contributed by atoms with Crippen LogP contribution >= 0.6 is 0 Å². The zero-order valence-electron chi connectivity index (χ0n) is 13.7. The summed E-state index contributed by atoms with van der Waals surface area (Å²) in [5.74, 6) is 0. The normalized spacial score (nSPS) is 14.9. The number of piperidine rings is 1. The lowest BCUT2D eigenvalue weighted by Gasteiger charge is -2.28. The maximum absolute atomic E-state index is 11.9. The van der Waals surface area contributed by atoms with Crippen molar-refractivity contribution in [1.29, 1.82) is 0 Å². The number of nitrogens with zero attached hydrogens (tertiary/aromatic N) is 2. The van der Waals surface area contributed by atoms with Crippen LogP contribution in [-0.4, -0.2) is 23.3 Å². The number of rotatable bonds is 3. The van der Waals surface area contributed by atoms with Gasteiger partial charge in [-0.15, -0.1) is 0 Å². The quantitative estimate of drug-likeness (QED) is 0.804. The highest BCUT2D eigenvalue weighted by molar-refractivity contribution is 5.83. The molecule has 0 amide bonds. The largest absolute Gasteiger partial charge is 0.372 e. The zero-order chi connectivity index (χ0) is 16.4. The van der Waals surface area contributed by atoms with Gasteiger partial charge in [-0.25, -0.2) is 5.10 Å². The first-order chi connectivity index (χ1) is 11.8. The predicted molar refractivity (Wildman–Crippen MR) is 97.7 cm³/mol. The molecule has 2 aromatic carbocycles. The zero-order valence-corrected chi connectivity index (χ0v) is 13.7. The molecule has 0 spiro atoms. The fourth-order valence-corrected chi connectivity index (χ4v) is 3.48. The summed E-state index contributed by atoms with van der Waals surface area (Å²) in [6, 6.07) is 16.4. The third kappa shape index (κ3) is 2.92. The molecule has 1 aliphatic rings. The van der Waals surface area contributed by atoms with Crippen LogP contribution in [0.1, 0.15) is 30.5 Å². The van der Waals surface area contributed by atoms with E-state index in [9.17, 15) is 4.79 Å². The molecule has 1 N–H and O–H groups in total. The highest BCUT2D eigenvalue weighted by atomic mass is 16.1. The number of hydrogen-bond acceptors (Lipinski definition) is 3. The van der Waals surface area contributed by atoms with Crippen molar-refractivity contribution >= 4 is 16.5 Å². The van der Waals surface area contributed by atoms with E-state index in [4.69, 9.17) is 0 Å². The molecular formula is C20H21N3O. The molecule has 4 rings (SSSR count). The molecule has 0 saturated carbocycles. The number of aromatic amines is 1. The average Bonchev–Trinajstić information content (AvgIpc) is 2.66. The highest BCUT2D eigenvalue weighted by Crippen LogP contribution is 2.22. The fraction of sp³-hybridized carbons (Fsp3) is 0.300. The number of benzene rings is 2. The maximum Gasteiger partial charge on any atom is 0.272 e. The monoisotopic (exact) mass is 319 g/mol. The molecule has 122 valence electrons. The average molecular weight is 319 g/mol. The third-order valence-corrected chi connectivity index (χ3v) is 4.80. The van der Waals surface area contributed by atoms with E-state index in [0.29, 0.717) is 5.39 Å².